The summed E-state index contributed by atoms with van der Waals surface area (Å²) in [6.07, 6.45) is 1.54. The van der Waals surface area contributed by atoms with Gasteiger partial charge < -0.3 is 10.8 Å². The highest BCUT2D eigenvalue weighted by atomic mass is 16.4. The highest BCUT2D eigenvalue weighted by molar-refractivity contribution is 5.73. The molecule has 0 aliphatic rings. The van der Waals surface area contributed by atoms with Gasteiger partial charge in [0.05, 0.1) is 5.41 Å². The van der Waals surface area contributed by atoms with Crippen molar-refractivity contribution in [1.82, 2.24) is 0 Å². The van der Waals surface area contributed by atoms with Crippen molar-refractivity contribution in [2.24, 2.45) is 11.1 Å². The second kappa shape index (κ2) is 6.20. The zero-order chi connectivity index (χ0) is 14.6. The monoisotopic (exact) mass is 263 g/mol. The Bertz CT molecular complexity index is 423. The number of hydrogen-bond donors (Lipinski definition) is 2. The normalized spacial score (nSPS) is 15.0. The Labute approximate surface area is 115 Å². The van der Waals surface area contributed by atoms with Crippen LogP contribution < -0.4 is 5.73 Å². The molecule has 0 spiro atoms. The molecule has 1 aromatic rings. The van der Waals surface area contributed by atoms with Gasteiger partial charge in [0.2, 0.25) is 0 Å². The molecule has 0 aliphatic heterocycles. The van der Waals surface area contributed by atoms with Gasteiger partial charge in [-0.3, -0.25) is 4.79 Å². The molecular weight excluding hydrogens is 238 g/mol. The van der Waals surface area contributed by atoms with Crippen LogP contribution in [0.15, 0.2) is 24.3 Å². The van der Waals surface area contributed by atoms with E-state index in [9.17, 15) is 4.79 Å². The van der Waals surface area contributed by atoms with E-state index in [2.05, 4.69) is 26.0 Å². The lowest BCUT2D eigenvalue weighted by molar-refractivity contribution is -0.147. The predicted molar refractivity (Wildman–Crippen MR) is 78.1 cm³/mol. The SMILES string of the molecule is CCC(C)c1ccc(C(N)CC(C)(C)C(=O)O)cc1. The van der Waals surface area contributed by atoms with Crippen molar-refractivity contribution in [3.8, 4) is 0 Å². The number of nitrogens with two attached hydrogens (primary N) is 1. The third-order valence-corrected chi connectivity index (χ3v) is 3.86. The summed E-state index contributed by atoms with van der Waals surface area (Å²) >= 11 is 0. The molecule has 0 fully saturated rings. The van der Waals surface area contributed by atoms with Gasteiger partial charge in [-0.25, -0.2) is 0 Å². The molecule has 0 aromatic heterocycles. The summed E-state index contributed by atoms with van der Waals surface area (Å²) < 4.78 is 0. The van der Waals surface area contributed by atoms with Crippen LogP contribution in [0, 0.1) is 5.41 Å². The van der Waals surface area contributed by atoms with Crippen molar-refractivity contribution in [2.75, 3.05) is 0 Å². The lowest BCUT2D eigenvalue weighted by Gasteiger charge is -2.24. The van der Waals surface area contributed by atoms with E-state index < -0.39 is 11.4 Å². The molecule has 2 unspecified atom stereocenters. The van der Waals surface area contributed by atoms with Crippen LogP contribution >= 0.6 is 0 Å². The molecule has 1 aromatic carbocycles. The summed E-state index contributed by atoms with van der Waals surface area (Å²) in [5, 5.41) is 9.13. The zero-order valence-electron chi connectivity index (χ0n) is 12.3. The van der Waals surface area contributed by atoms with E-state index in [1.54, 1.807) is 13.8 Å². The highest BCUT2D eigenvalue weighted by Gasteiger charge is 2.29. The molecule has 0 heterocycles. The molecule has 106 valence electrons. The Hall–Kier alpha value is -1.35. The van der Waals surface area contributed by atoms with Gasteiger partial charge in [-0.05, 0) is 43.7 Å². The van der Waals surface area contributed by atoms with Gasteiger partial charge in [0.1, 0.15) is 0 Å². The number of hydrogen-bond acceptors (Lipinski definition) is 2. The smallest absolute Gasteiger partial charge is 0.309 e. The van der Waals surface area contributed by atoms with Gasteiger partial charge in [0.15, 0.2) is 0 Å². The Morgan fingerprint density at radius 3 is 2.16 bits per heavy atom. The van der Waals surface area contributed by atoms with Crippen molar-refractivity contribution in [2.45, 2.75) is 52.5 Å². The topological polar surface area (TPSA) is 63.3 Å². The number of carboxylic acid groups (broad SMARTS) is 1. The predicted octanol–water partition coefficient (Wildman–Crippen LogP) is 3.70. The third kappa shape index (κ3) is 4.06. The lowest BCUT2D eigenvalue weighted by Crippen LogP contribution is -2.28. The van der Waals surface area contributed by atoms with Crippen LogP contribution in [0.3, 0.4) is 0 Å². The quantitative estimate of drug-likeness (QED) is 0.822. The first-order valence-corrected chi connectivity index (χ1v) is 6.86. The first-order valence-electron chi connectivity index (χ1n) is 6.86. The summed E-state index contributed by atoms with van der Waals surface area (Å²) in [6, 6.07) is 7.99. The maximum absolute atomic E-state index is 11.1. The minimum Gasteiger partial charge on any atom is -0.481 e. The Morgan fingerprint density at radius 1 is 1.26 bits per heavy atom. The van der Waals surface area contributed by atoms with Crippen molar-refractivity contribution in [1.29, 1.82) is 0 Å². The Balaban J connectivity index is 2.78. The summed E-state index contributed by atoms with van der Waals surface area (Å²) in [5.41, 5.74) is 7.62. The summed E-state index contributed by atoms with van der Waals surface area (Å²) in [7, 11) is 0. The van der Waals surface area contributed by atoms with Gasteiger partial charge in [-0.15, -0.1) is 0 Å². The van der Waals surface area contributed by atoms with Crippen LogP contribution in [0.2, 0.25) is 0 Å². The number of rotatable bonds is 6. The molecule has 3 heteroatoms. The lowest BCUT2D eigenvalue weighted by atomic mass is 9.83. The molecule has 0 radical (unpaired) electrons. The van der Waals surface area contributed by atoms with Crippen molar-refractivity contribution >= 4 is 5.97 Å². The third-order valence-electron chi connectivity index (χ3n) is 3.86. The van der Waals surface area contributed by atoms with E-state index in [0.717, 1.165) is 12.0 Å². The molecule has 19 heavy (non-hydrogen) atoms. The summed E-state index contributed by atoms with van der Waals surface area (Å²) in [5.74, 6) is -0.264. The average molecular weight is 263 g/mol. The van der Waals surface area contributed by atoms with Crippen LogP contribution in [-0.2, 0) is 4.79 Å². The van der Waals surface area contributed by atoms with Crippen LogP contribution in [0.1, 0.15) is 63.6 Å². The molecule has 0 bridgehead atoms. The fraction of sp³-hybridized carbons (Fsp3) is 0.562. The Kier molecular flexibility index (Phi) is 5.12. The van der Waals surface area contributed by atoms with Crippen LogP contribution in [0.25, 0.3) is 0 Å². The first kappa shape index (κ1) is 15.7. The number of benzene rings is 1. The van der Waals surface area contributed by atoms with E-state index >= 15 is 0 Å². The van der Waals surface area contributed by atoms with Crippen LogP contribution in [0.5, 0.6) is 0 Å². The molecule has 1 rings (SSSR count). The second-order valence-corrected chi connectivity index (χ2v) is 5.98. The molecule has 3 nitrogen and oxygen atoms in total. The minimum atomic E-state index is -0.806. The fourth-order valence-electron chi connectivity index (χ4n) is 2.06. The minimum absolute atomic E-state index is 0.239. The number of aliphatic carboxylic acids is 1. The van der Waals surface area contributed by atoms with E-state index in [4.69, 9.17) is 10.8 Å². The van der Waals surface area contributed by atoms with Gasteiger partial charge in [0, 0.05) is 6.04 Å². The highest BCUT2D eigenvalue weighted by Crippen LogP contribution is 2.29. The molecule has 0 aliphatic carbocycles. The van der Waals surface area contributed by atoms with Crippen molar-refractivity contribution in [3.63, 3.8) is 0 Å². The largest absolute Gasteiger partial charge is 0.481 e. The Morgan fingerprint density at radius 2 is 1.74 bits per heavy atom. The van der Waals surface area contributed by atoms with Crippen LogP contribution in [-0.4, -0.2) is 11.1 Å². The van der Waals surface area contributed by atoms with Gasteiger partial charge >= 0.3 is 5.97 Å². The molecule has 0 amide bonds. The van der Waals surface area contributed by atoms with Crippen molar-refractivity contribution in [3.05, 3.63) is 35.4 Å². The molecular formula is C16H25NO2. The van der Waals surface area contributed by atoms with Gasteiger partial charge in [0.25, 0.3) is 0 Å². The van der Waals surface area contributed by atoms with Gasteiger partial charge in [-0.1, -0.05) is 38.1 Å². The first-order chi connectivity index (χ1) is 8.77. The van der Waals surface area contributed by atoms with E-state index in [0.29, 0.717) is 12.3 Å². The molecule has 3 N–H and O–H groups in total. The van der Waals surface area contributed by atoms with Crippen molar-refractivity contribution < 1.29 is 9.90 Å². The van der Waals surface area contributed by atoms with E-state index in [1.807, 2.05) is 12.1 Å². The summed E-state index contributed by atoms with van der Waals surface area (Å²) in [4.78, 5) is 11.1. The fourth-order valence-corrected chi connectivity index (χ4v) is 2.06. The zero-order valence-corrected chi connectivity index (χ0v) is 12.3. The van der Waals surface area contributed by atoms with E-state index in [1.165, 1.54) is 5.56 Å². The number of carboxylic acids is 1. The number of carbonyl (C=O) groups is 1. The molecule has 0 saturated carbocycles. The van der Waals surface area contributed by atoms with E-state index in [-0.39, 0.29) is 6.04 Å². The summed E-state index contributed by atoms with van der Waals surface area (Å²) in [6.45, 7) is 7.79. The average Bonchev–Trinajstić information content (AvgIpc) is 2.37. The van der Waals surface area contributed by atoms with Crippen LogP contribution in [0.4, 0.5) is 0 Å². The van der Waals surface area contributed by atoms with Gasteiger partial charge in [-0.2, -0.15) is 0 Å². The standard InChI is InChI=1S/C16H25NO2/c1-5-11(2)12-6-8-13(9-7-12)14(17)10-16(3,4)15(18)19/h6-9,11,14H,5,10,17H2,1-4H3,(H,18,19). The second-order valence-electron chi connectivity index (χ2n) is 5.98. The molecule has 2 atom stereocenters. The maximum Gasteiger partial charge on any atom is 0.309 e. The molecule has 0 saturated heterocycles. The maximum atomic E-state index is 11.1.